The molecule has 71 heavy (non-hydrogen) atoms. The lowest BCUT2D eigenvalue weighted by Crippen LogP contribution is -2.27. The molecule has 1 N–H and O–H groups in total. The number of rotatable bonds is 11. The van der Waals surface area contributed by atoms with Gasteiger partial charge in [0.25, 0.3) is 0 Å². The molecule has 4 aromatic heterocycles. The number of H-pyrrole nitrogens is 1. The highest BCUT2D eigenvalue weighted by molar-refractivity contribution is 9.09. The van der Waals surface area contributed by atoms with Crippen LogP contribution in [0, 0.1) is 0 Å². The van der Waals surface area contributed by atoms with Crippen LogP contribution in [0.4, 0.5) is 9.59 Å². The van der Waals surface area contributed by atoms with Crippen molar-refractivity contribution >= 4 is 85.1 Å². The molecule has 4 heterocycles. The van der Waals surface area contributed by atoms with Crippen LogP contribution >= 0.6 is 39.1 Å². The number of fused-ring (bicyclic) bond motifs is 2. The van der Waals surface area contributed by atoms with Crippen LogP contribution in [-0.4, -0.2) is 85.3 Å². The maximum Gasteiger partial charge on any atom is 0.419 e. The lowest BCUT2D eigenvalue weighted by molar-refractivity contribution is 0.0528. The van der Waals surface area contributed by atoms with Crippen molar-refractivity contribution in [3.63, 3.8) is 0 Å². The Morgan fingerprint density at radius 1 is 0.648 bits per heavy atom. The Hall–Kier alpha value is -4.98. The predicted molar refractivity (Wildman–Crippen MR) is 289 cm³/mol. The lowest BCUT2D eigenvalue weighted by atomic mass is 9.82. The first-order chi connectivity index (χ1) is 33.9. The number of aromatic nitrogens is 4. The number of ether oxygens (including phenoxy) is 4. The second-order valence-corrected chi connectivity index (χ2v) is 21.8. The van der Waals surface area contributed by atoms with E-state index in [-0.39, 0.29) is 11.9 Å². The number of aryl methyl sites for hydroxylation is 1. The molecule has 2 saturated carbocycles. The molecule has 0 amide bonds. The topological polar surface area (TPSA) is 136 Å². The Bertz CT molecular complexity index is 2760. The zero-order chi connectivity index (χ0) is 51.5. The monoisotopic (exact) mass is 1080 g/mol. The first-order valence-corrected chi connectivity index (χ1v) is 27.1. The van der Waals surface area contributed by atoms with Crippen molar-refractivity contribution in [2.75, 3.05) is 31.3 Å². The number of esters is 2. The normalized spacial score (nSPS) is 14.6. The van der Waals surface area contributed by atoms with E-state index in [0.717, 1.165) is 94.3 Å². The Labute approximate surface area is 437 Å². The van der Waals surface area contributed by atoms with Crippen LogP contribution in [0.15, 0.2) is 73.1 Å². The van der Waals surface area contributed by atoms with E-state index in [0.29, 0.717) is 35.4 Å². The molecule has 0 radical (unpaired) electrons. The molecule has 2 aliphatic carbocycles. The van der Waals surface area contributed by atoms with E-state index in [1.807, 2.05) is 102 Å². The maximum absolute atomic E-state index is 13.2. The minimum Gasteiger partial charge on any atom is -0.465 e. The van der Waals surface area contributed by atoms with Crippen LogP contribution in [0.5, 0.6) is 0 Å². The summed E-state index contributed by atoms with van der Waals surface area (Å²) in [6.07, 6.45) is 16.2. The van der Waals surface area contributed by atoms with E-state index < -0.39 is 23.4 Å². The number of hydrogen-bond acceptors (Lipinski definition) is 8. The van der Waals surface area contributed by atoms with Gasteiger partial charge in [0, 0.05) is 57.8 Å². The van der Waals surface area contributed by atoms with Gasteiger partial charge in [0.2, 0.25) is 0 Å². The molecular weight excluding hydrogens is 1010 g/mol. The SMILES string of the molecule is COC(=O)c1ccc2c(C3CCCCC3)c(-c3cccn3C(=O)OC(C)(C)C)[nH]c2c1.COC(=O)c1ccc2c(C3CCCCC3)c(-c3cccn3C(=O)OC(C)(C)C)n(CCCCl)c2c1.ClCCCBr. The van der Waals surface area contributed by atoms with Crippen LogP contribution in [-0.2, 0) is 25.5 Å². The van der Waals surface area contributed by atoms with Crippen LogP contribution < -0.4 is 0 Å². The number of nitrogens with one attached hydrogen (secondary N) is 1. The molecule has 2 aromatic carbocycles. The number of halogens is 3. The number of carbonyl (C=O) groups is 4. The average Bonchev–Trinajstić information content (AvgIpc) is 4.17. The number of methoxy groups -OCH3 is 2. The van der Waals surface area contributed by atoms with Gasteiger partial charge >= 0.3 is 24.1 Å². The van der Waals surface area contributed by atoms with Crippen molar-refractivity contribution in [2.45, 2.75) is 148 Å². The molecule has 0 bridgehead atoms. The van der Waals surface area contributed by atoms with E-state index in [2.05, 4.69) is 25.5 Å². The summed E-state index contributed by atoms with van der Waals surface area (Å²) in [4.78, 5) is 54.0. The minimum atomic E-state index is -0.606. The van der Waals surface area contributed by atoms with Gasteiger partial charge in [-0.2, -0.15) is 0 Å². The van der Waals surface area contributed by atoms with Gasteiger partial charge in [-0.1, -0.05) is 66.6 Å². The fourth-order valence-corrected chi connectivity index (χ4v) is 10.6. The summed E-state index contributed by atoms with van der Waals surface area (Å²) in [5.74, 6) is 1.34. The molecule has 2 fully saturated rings. The summed E-state index contributed by atoms with van der Waals surface area (Å²) in [5, 5.41) is 3.23. The van der Waals surface area contributed by atoms with Crippen molar-refractivity contribution in [1.82, 2.24) is 18.7 Å². The molecule has 0 spiro atoms. The number of hydrogen-bond donors (Lipinski definition) is 1. The highest BCUT2D eigenvalue weighted by atomic mass is 79.9. The van der Waals surface area contributed by atoms with E-state index in [4.69, 9.17) is 42.1 Å². The summed E-state index contributed by atoms with van der Waals surface area (Å²) in [6, 6.07) is 19.1. The highest BCUT2D eigenvalue weighted by Crippen LogP contribution is 2.46. The summed E-state index contributed by atoms with van der Waals surface area (Å²) in [7, 11) is 2.78. The van der Waals surface area contributed by atoms with Crippen molar-refractivity contribution in [3.8, 4) is 22.8 Å². The third kappa shape index (κ3) is 13.8. The molecule has 15 heteroatoms. The predicted octanol–water partition coefficient (Wildman–Crippen LogP) is 15.6. The van der Waals surface area contributed by atoms with Gasteiger partial charge in [0.05, 0.1) is 48.1 Å². The minimum absolute atomic E-state index is 0.366. The summed E-state index contributed by atoms with van der Waals surface area (Å²) in [6.45, 7) is 11.9. The third-order valence-electron chi connectivity index (χ3n) is 12.8. The van der Waals surface area contributed by atoms with Crippen LogP contribution in [0.25, 0.3) is 44.6 Å². The number of nitrogens with zero attached hydrogens (tertiary/aromatic N) is 3. The van der Waals surface area contributed by atoms with Gasteiger partial charge in [-0.25, -0.2) is 19.2 Å². The fourth-order valence-electron chi connectivity index (χ4n) is 9.78. The Kier molecular flexibility index (Phi) is 19.6. The summed E-state index contributed by atoms with van der Waals surface area (Å²) < 4.78 is 26.6. The zero-order valence-electron chi connectivity index (χ0n) is 42.6. The van der Waals surface area contributed by atoms with E-state index in [1.54, 1.807) is 21.5 Å². The van der Waals surface area contributed by atoms with Crippen LogP contribution in [0.3, 0.4) is 0 Å². The molecule has 8 rings (SSSR count). The van der Waals surface area contributed by atoms with E-state index >= 15 is 0 Å². The Balaban J connectivity index is 0.000000213. The second kappa shape index (κ2) is 25.1. The molecular formula is C56H71BrCl2N4O8. The standard InChI is InChI=1S/C28H35ClN2O4.C25H30N2O4.C3H6BrCl/c1-28(2,3)35-27(33)31-16-8-12-22(31)25-24(19-10-6-5-7-11-19)21-14-13-20(26(32)34-4)18-23(21)30(25)17-9-15-29;1-25(2,3)31-24(29)27-14-8-11-20(27)22-21(16-9-6-5-7-10-16)18-13-12-17(23(28)30-4)15-19(18)26-22;4-2-1-3-5/h8,12-14,16,18-19H,5-7,9-11,15,17H2,1-4H3;8,11-16,26H,5-7,9-10H2,1-4H3;1-3H2. The summed E-state index contributed by atoms with van der Waals surface area (Å²) >= 11 is 14.6. The molecule has 6 aromatic rings. The molecule has 384 valence electrons. The Morgan fingerprint density at radius 2 is 1.14 bits per heavy atom. The largest absolute Gasteiger partial charge is 0.465 e. The highest BCUT2D eigenvalue weighted by Gasteiger charge is 2.31. The van der Waals surface area contributed by atoms with Crippen LogP contribution in [0.2, 0.25) is 0 Å². The molecule has 0 aliphatic heterocycles. The fraction of sp³-hybridized carbons (Fsp3) is 0.500. The molecule has 12 nitrogen and oxygen atoms in total. The smallest absolute Gasteiger partial charge is 0.419 e. The quantitative estimate of drug-likeness (QED) is 0.0770. The number of benzene rings is 2. The van der Waals surface area contributed by atoms with Gasteiger partial charge in [-0.15, -0.1) is 23.2 Å². The van der Waals surface area contributed by atoms with Gasteiger partial charge in [-0.05, 0) is 152 Å². The van der Waals surface area contributed by atoms with E-state index in [1.165, 1.54) is 63.9 Å². The number of carbonyl (C=O) groups excluding carboxylic acids is 4. The molecule has 0 atom stereocenters. The van der Waals surface area contributed by atoms with Gasteiger partial charge in [-0.3, -0.25) is 9.13 Å². The second-order valence-electron chi connectivity index (χ2n) is 20.2. The van der Waals surface area contributed by atoms with Crippen molar-refractivity contribution in [2.24, 2.45) is 0 Å². The first kappa shape index (κ1) is 55.3. The molecule has 0 unspecified atom stereocenters. The molecule has 0 saturated heterocycles. The van der Waals surface area contributed by atoms with Crippen molar-refractivity contribution in [3.05, 3.63) is 95.3 Å². The zero-order valence-corrected chi connectivity index (χ0v) is 45.7. The van der Waals surface area contributed by atoms with Gasteiger partial charge in [0.1, 0.15) is 11.2 Å². The average molecular weight is 1080 g/mol. The number of aromatic amines is 1. The maximum atomic E-state index is 13.2. The number of alkyl halides is 3. The summed E-state index contributed by atoms with van der Waals surface area (Å²) in [5.41, 5.74) is 7.61. The van der Waals surface area contributed by atoms with Crippen LogP contribution in [0.1, 0.15) is 162 Å². The van der Waals surface area contributed by atoms with E-state index in [9.17, 15) is 19.2 Å². The van der Waals surface area contributed by atoms with Gasteiger partial charge < -0.3 is 28.5 Å². The third-order valence-corrected chi connectivity index (χ3v) is 13.9. The molecule has 2 aliphatic rings. The van der Waals surface area contributed by atoms with Gasteiger partial charge in [0.15, 0.2) is 0 Å². The lowest BCUT2D eigenvalue weighted by Gasteiger charge is -2.25. The first-order valence-electron chi connectivity index (χ1n) is 24.9. The Morgan fingerprint density at radius 3 is 1.63 bits per heavy atom. The van der Waals surface area contributed by atoms with Crippen molar-refractivity contribution in [1.29, 1.82) is 0 Å². The van der Waals surface area contributed by atoms with Crippen molar-refractivity contribution < 1.29 is 38.1 Å².